The zero-order valence-electron chi connectivity index (χ0n) is 15.1. The first kappa shape index (κ1) is 18.1. The molecule has 26 heavy (non-hydrogen) atoms. The Balaban J connectivity index is 1.52. The van der Waals surface area contributed by atoms with Crippen LogP contribution in [0.4, 0.5) is 17.3 Å². The summed E-state index contributed by atoms with van der Waals surface area (Å²) in [6, 6.07) is 7.95. The highest BCUT2D eigenvalue weighted by molar-refractivity contribution is 6.03. The van der Waals surface area contributed by atoms with Crippen LogP contribution in [-0.2, 0) is 4.74 Å². The molecule has 0 aliphatic carbocycles. The summed E-state index contributed by atoms with van der Waals surface area (Å²) in [5.41, 5.74) is 2.39. The third kappa shape index (κ3) is 4.92. The number of hydrogen-bond donors (Lipinski definition) is 2. The second kappa shape index (κ2) is 9.15. The summed E-state index contributed by atoms with van der Waals surface area (Å²) in [4.78, 5) is 23.0. The van der Waals surface area contributed by atoms with E-state index in [-0.39, 0.29) is 5.91 Å². The number of anilines is 3. The molecule has 1 amide bonds. The third-order valence-corrected chi connectivity index (χ3v) is 4.32. The Morgan fingerprint density at radius 1 is 1.15 bits per heavy atom. The first-order valence-electron chi connectivity index (χ1n) is 8.97. The molecule has 0 spiro atoms. The predicted molar refractivity (Wildman–Crippen MR) is 103 cm³/mol. The standard InChI is InChI=1S/C19H25N5O2/c1-26-12-4-9-20-19-21-13-15(14-22-19)18(25)23-16-5-7-17(8-6-16)24-10-2-3-11-24/h5-8,13-14H,2-4,9-12H2,1H3,(H,23,25)(H,20,21,22). The lowest BCUT2D eigenvalue weighted by molar-refractivity contribution is 0.102. The van der Waals surface area contributed by atoms with E-state index < -0.39 is 0 Å². The summed E-state index contributed by atoms with van der Waals surface area (Å²) in [5, 5.41) is 5.97. The van der Waals surface area contributed by atoms with Crippen molar-refractivity contribution in [2.24, 2.45) is 0 Å². The topological polar surface area (TPSA) is 79.4 Å². The van der Waals surface area contributed by atoms with E-state index >= 15 is 0 Å². The van der Waals surface area contributed by atoms with Crippen LogP contribution in [0.3, 0.4) is 0 Å². The number of carbonyl (C=O) groups excluding carboxylic acids is 1. The Bertz CT molecular complexity index is 697. The third-order valence-electron chi connectivity index (χ3n) is 4.32. The van der Waals surface area contributed by atoms with Crippen molar-refractivity contribution in [2.75, 3.05) is 48.9 Å². The molecule has 0 radical (unpaired) electrons. The fraction of sp³-hybridized carbons (Fsp3) is 0.421. The highest BCUT2D eigenvalue weighted by Crippen LogP contribution is 2.22. The lowest BCUT2D eigenvalue weighted by Gasteiger charge is -2.17. The maximum atomic E-state index is 12.3. The molecule has 1 aliphatic rings. The van der Waals surface area contributed by atoms with Crippen molar-refractivity contribution in [1.82, 2.24) is 9.97 Å². The molecular formula is C19H25N5O2. The number of benzene rings is 1. The highest BCUT2D eigenvalue weighted by atomic mass is 16.5. The molecule has 2 aromatic rings. The van der Waals surface area contributed by atoms with Crippen LogP contribution in [0.25, 0.3) is 0 Å². The summed E-state index contributed by atoms with van der Waals surface area (Å²) in [6.07, 6.45) is 6.42. The van der Waals surface area contributed by atoms with Crippen molar-refractivity contribution in [3.8, 4) is 0 Å². The second-order valence-electron chi connectivity index (χ2n) is 6.26. The van der Waals surface area contributed by atoms with Gasteiger partial charge in [0, 0.05) is 57.1 Å². The van der Waals surface area contributed by atoms with Crippen LogP contribution in [0.5, 0.6) is 0 Å². The van der Waals surface area contributed by atoms with Gasteiger partial charge in [-0.15, -0.1) is 0 Å². The number of carbonyl (C=O) groups is 1. The van der Waals surface area contributed by atoms with Crippen molar-refractivity contribution in [3.63, 3.8) is 0 Å². The van der Waals surface area contributed by atoms with Crippen LogP contribution in [0.1, 0.15) is 29.6 Å². The van der Waals surface area contributed by atoms with Gasteiger partial charge in [0.2, 0.25) is 5.95 Å². The van der Waals surface area contributed by atoms with Crippen molar-refractivity contribution < 1.29 is 9.53 Å². The number of hydrogen-bond acceptors (Lipinski definition) is 6. The molecule has 1 aromatic carbocycles. The van der Waals surface area contributed by atoms with Gasteiger partial charge in [-0.2, -0.15) is 0 Å². The van der Waals surface area contributed by atoms with E-state index in [1.165, 1.54) is 30.9 Å². The minimum atomic E-state index is -0.218. The van der Waals surface area contributed by atoms with Crippen molar-refractivity contribution in [2.45, 2.75) is 19.3 Å². The first-order valence-corrected chi connectivity index (χ1v) is 8.97. The number of amides is 1. The Morgan fingerprint density at radius 2 is 1.85 bits per heavy atom. The van der Waals surface area contributed by atoms with E-state index in [1.54, 1.807) is 7.11 Å². The van der Waals surface area contributed by atoms with Crippen molar-refractivity contribution in [3.05, 3.63) is 42.2 Å². The Hall–Kier alpha value is -2.67. The van der Waals surface area contributed by atoms with E-state index in [1.807, 2.05) is 24.3 Å². The molecule has 0 bridgehead atoms. The van der Waals surface area contributed by atoms with Gasteiger partial charge in [-0.1, -0.05) is 0 Å². The van der Waals surface area contributed by atoms with Gasteiger partial charge >= 0.3 is 0 Å². The Kier molecular flexibility index (Phi) is 6.38. The van der Waals surface area contributed by atoms with Crippen LogP contribution in [-0.4, -0.2) is 49.2 Å². The average Bonchev–Trinajstić information content (AvgIpc) is 3.21. The maximum absolute atomic E-state index is 12.3. The van der Waals surface area contributed by atoms with Gasteiger partial charge in [-0.25, -0.2) is 9.97 Å². The molecular weight excluding hydrogens is 330 g/mol. The van der Waals surface area contributed by atoms with Crippen molar-refractivity contribution in [1.29, 1.82) is 0 Å². The Labute approximate surface area is 153 Å². The molecule has 7 heteroatoms. The first-order chi connectivity index (χ1) is 12.8. The molecule has 0 saturated carbocycles. The van der Waals surface area contributed by atoms with E-state index in [9.17, 15) is 4.79 Å². The number of nitrogens with zero attached hydrogens (tertiary/aromatic N) is 3. The largest absolute Gasteiger partial charge is 0.385 e. The minimum Gasteiger partial charge on any atom is -0.385 e. The SMILES string of the molecule is COCCCNc1ncc(C(=O)Nc2ccc(N3CCCC3)cc2)cn1. The molecule has 1 aliphatic heterocycles. The number of ether oxygens (including phenoxy) is 1. The molecule has 2 heterocycles. The van der Waals surface area contributed by atoms with E-state index in [0.29, 0.717) is 18.1 Å². The highest BCUT2D eigenvalue weighted by Gasteiger charge is 2.12. The van der Waals surface area contributed by atoms with Crippen LogP contribution >= 0.6 is 0 Å². The molecule has 3 rings (SSSR count). The van der Waals surface area contributed by atoms with Crippen molar-refractivity contribution >= 4 is 23.2 Å². The van der Waals surface area contributed by atoms with Gasteiger partial charge in [-0.3, -0.25) is 4.79 Å². The molecule has 0 unspecified atom stereocenters. The van der Waals surface area contributed by atoms with Gasteiger partial charge < -0.3 is 20.3 Å². The van der Waals surface area contributed by atoms with E-state index in [0.717, 1.165) is 31.7 Å². The van der Waals surface area contributed by atoms with Gasteiger partial charge in [0.05, 0.1) is 5.56 Å². The summed E-state index contributed by atoms with van der Waals surface area (Å²) in [7, 11) is 1.67. The van der Waals surface area contributed by atoms with Gasteiger partial charge in [0.25, 0.3) is 5.91 Å². The smallest absolute Gasteiger partial charge is 0.258 e. The molecule has 1 aromatic heterocycles. The summed E-state index contributed by atoms with van der Waals surface area (Å²) < 4.78 is 4.99. The number of methoxy groups -OCH3 is 1. The molecule has 1 saturated heterocycles. The monoisotopic (exact) mass is 355 g/mol. The normalized spacial score (nSPS) is 13.7. The zero-order valence-corrected chi connectivity index (χ0v) is 15.1. The van der Waals surface area contributed by atoms with E-state index in [4.69, 9.17) is 4.74 Å². The summed E-state index contributed by atoms with van der Waals surface area (Å²) in [6.45, 7) is 3.62. The average molecular weight is 355 g/mol. The molecule has 138 valence electrons. The fourth-order valence-corrected chi connectivity index (χ4v) is 2.89. The van der Waals surface area contributed by atoms with E-state index in [2.05, 4.69) is 25.5 Å². The van der Waals surface area contributed by atoms with Crippen LogP contribution in [0, 0.1) is 0 Å². The lowest BCUT2D eigenvalue weighted by Crippen LogP contribution is -2.17. The molecule has 7 nitrogen and oxygen atoms in total. The second-order valence-corrected chi connectivity index (χ2v) is 6.26. The van der Waals surface area contributed by atoms with Crippen LogP contribution in [0.2, 0.25) is 0 Å². The van der Waals surface area contributed by atoms with Gasteiger partial charge in [-0.05, 0) is 43.5 Å². The number of aromatic nitrogens is 2. The van der Waals surface area contributed by atoms with Gasteiger partial charge in [0.1, 0.15) is 0 Å². The quantitative estimate of drug-likeness (QED) is 0.709. The van der Waals surface area contributed by atoms with Crippen LogP contribution in [0.15, 0.2) is 36.7 Å². The predicted octanol–water partition coefficient (Wildman–Crippen LogP) is 2.78. The lowest BCUT2D eigenvalue weighted by atomic mass is 10.2. The fourth-order valence-electron chi connectivity index (χ4n) is 2.89. The molecule has 0 atom stereocenters. The molecule has 2 N–H and O–H groups in total. The van der Waals surface area contributed by atoms with Gasteiger partial charge in [0.15, 0.2) is 0 Å². The number of nitrogens with one attached hydrogen (secondary N) is 2. The summed E-state index contributed by atoms with van der Waals surface area (Å²) >= 11 is 0. The zero-order chi connectivity index (χ0) is 18.2. The maximum Gasteiger partial charge on any atom is 0.258 e. The number of rotatable bonds is 8. The van der Waals surface area contributed by atoms with Crippen LogP contribution < -0.4 is 15.5 Å². The summed E-state index contributed by atoms with van der Waals surface area (Å²) in [5.74, 6) is 0.289. The molecule has 1 fully saturated rings. The Morgan fingerprint density at radius 3 is 2.50 bits per heavy atom. The minimum absolute atomic E-state index is 0.218.